The van der Waals surface area contributed by atoms with Crippen molar-refractivity contribution >= 4 is 40.6 Å². The molecule has 21 heavy (non-hydrogen) atoms. The van der Waals surface area contributed by atoms with Crippen LogP contribution < -0.4 is 39.6 Å². The van der Waals surface area contributed by atoms with Gasteiger partial charge in [0.1, 0.15) is 5.75 Å². The number of hydrogen-bond donors (Lipinski definition) is 0. The van der Waals surface area contributed by atoms with Crippen LogP contribution in [-0.2, 0) is 14.2 Å². The van der Waals surface area contributed by atoms with Gasteiger partial charge in [0.15, 0.2) is 0 Å². The number of nitrogens with zero attached hydrogens (tertiary/aromatic N) is 1. The molecule has 0 aliphatic carbocycles. The summed E-state index contributed by atoms with van der Waals surface area (Å²) in [5.41, 5.74) is 0.657. The Bertz CT molecular complexity index is 504. The van der Waals surface area contributed by atoms with E-state index in [-0.39, 0.29) is 39.7 Å². The number of benzene rings is 1. The van der Waals surface area contributed by atoms with Gasteiger partial charge in [0, 0.05) is 9.82 Å². The van der Waals surface area contributed by atoms with E-state index in [0.717, 1.165) is 0 Å². The fraction of sp³-hybridized carbons (Fsp3) is 0.300. The fourth-order valence-corrected chi connectivity index (χ4v) is 2.32. The SMILES string of the molecule is Cc1cc(OC(=O)C(CI)[N+](=O)[O-])ccc1SOO[O-].[Na+]. The molecule has 0 fully saturated rings. The molecule has 110 valence electrons. The molecular weight excluding hydrogens is 428 g/mol. The summed E-state index contributed by atoms with van der Waals surface area (Å²) < 4.78 is 9.13. The quantitative estimate of drug-likeness (QED) is 0.0567. The molecule has 0 aromatic heterocycles. The van der Waals surface area contributed by atoms with E-state index >= 15 is 0 Å². The van der Waals surface area contributed by atoms with Crippen molar-refractivity contribution in [3.8, 4) is 5.75 Å². The minimum atomic E-state index is -1.40. The molecule has 0 bridgehead atoms. The van der Waals surface area contributed by atoms with E-state index in [1.54, 1.807) is 29.5 Å². The van der Waals surface area contributed by atoms with Gasteiger partial charge in [-0.15, -0.1) is 0 Å². The van der Waals surface area contributed by atoms with Crippen LogP contribution in [-0.4, -0.2) is 21.4 Å². The van der Waals surface area contributed by atoms with Gasteiger partial charge in [-0.3, -0.25) is 15.2 Å². The van der Waals surface area contributed by atoms with Crippen LogP contribution in [0.2, 0.25) is 0 Å². The van der Waals surface area contributed by atoms with Crippen molar-refractivity contribution < 1.29 is 58.6 Å². The molecule has 0 saturated heterocycles. The van der Waals surface area contributed by atoms with Gasteiger partial charge < -0.3 is 9.99 Å². The van der Waals surface area contributed by atoms with Crippen molar-refractivity contribution in [2.45, 2.75) is 17.9 Å². The zero-order valence-electron chi connectivity index (χ0n) is 11.1. The van der Waals surface area contributed by atoms with E-state index in [0.29, 0.717) is 22.5 Å². The second-order valence-electron chi connectivity index (χ2n) is 3.52. The molecule has 1 aromatic rings. The largest absolute Gasteiger partial charge is 1.00 e. The molecule has 11 heteroatoms. The molecule has 1 aromatic carbocycles. The van der Waals surface area contributed by atoms with Crippen molar-refractivity contribution in [1.29, 1.82) is 0 Å². The predicted octanol–water partition coefficient (Wildman–Crippen LogP) is -1.78. The number of hydrogen-bond acceptors (Lipinski definition) is 8. The standard InChI is InChI=1S/C10H10INO7S.Na/c1-6-4-7(2-3-9(6)20-19-18-16)17-10(13)8(5-11)12(14)15;/h2-4,8,16H,5H2,1H3;/q;+1/p-1. The van der Waals surface area contributed by atoms with Gasteiger partial charge in [0.05, 0.1) is 16.5 Å². The molecule has 0 amide bonds. The number of rotatable bonds is 7. The molecule has 0 saturated carbocycles. The summed E-state index contributed by atoms with van der Waals surface area (Å²) in [6.45, 7) is 1.69. The molecule has 1 unspecified atom stereocenters. The second-order valence-corrected chi connectivity index (χ2v) is 5.15. The third-order valence-electron chi connectivity index (χ3n) is 2.19. The van der Waals surface area contributed by atoms with Crippen LogP contribution in [0.15, 0.2) is 23.1 Å². The third kappa shape index (κ3) is 6.78. The molecule has 8 nitrogen and oxygen atoms in total. The van der Waals surface area contributed by atoms with E-state index in [2.05, 4.69) is 9.37 Å². The maximum atomic E-state index is 11.6. The van der Waals surface area contributed by atoms with Crippen molar-refractivity contribution in [2.24, 2.45) is 0 Å². The fourth-order valence-electron chi connectivity index (χ4n) is 1.22. The Balaban J connectivity index is 0.00000400. The first kappa shape index (κ1) is 21.0. The Morgan fingerprint density at radius 2 is 2.19 bits per heavy atom. The number of halogens is 1. The molecule has 0 aliphatic rings. The zero-order chi connectivity index (χ0) is 15.1. The van der Waals surface area contributed by atoms with Gasteiger partial charge in [0.25, 0.3) is 0 Å². The van der Waals surface area contributed by atoms with Crippen LogP contribution in [0, 0.1) is 17.0 Å². The molecule has 0 heterocycles. The first-order chi connectivity index (χ1) is 9.49. The topological polar surface area (TPSA) is 111 Å². The Morgan fingerprint density at radius 3 is 2.67 bits per heavy atom. The van der Waals surface area contributed by atoms with Gasteiger partial charge >= 0.3 is 41.6 Å². The minimum Gasteiger partial charge on any atom is -0.691 e. The van der Waals surface area contributed by atoms with Crippen molar-refractivity contribution in [2.75, 3.05) is 4.43 Å². The van der Waals surface area contributed by atoms with Crippen LogP contribution in [0.5, 0.6) is 5.75 Å². The van der Waals surface area contributed by atoms with E-state index in [9.17, 15) is 20.2 Å². The summed E-state index contributed by atoms with van der Waals surface area (Å²) in [5.74, 6) is -0.750. The summed E-state index contributed by atoms with van der Waals surface area (Å²) in [4.78, 5) is 22.1. The number of aryl methyl sites for hydroxylation is 1. The zero-order valence-corrected chi connectivity index (χ0v) is 16.1. The maximum Gasteiger partial charge on any atom is 1.00 e. The molecule has 0 radical (unpaired) electrons. The number of carbonyl (C=O) groups is 1. The van der Waals surface area contributed by atoms with Crippen LogP contribution >= 0.6 is 34.6 Å². The molecule has 0 N–H and O–H groups in total. The summed E-state index contributed by atoms with van der Waals surface area (Å²) in [7, 11) is 0. The van der Waals surface area contributed by atoms with Crippen molar-refractivity contribution in [1.82, 2.24) is 0 Å². The van der Waals surface area contributed by atoms with Crippen LogP contribution in [0.3, 0.4) is 0 Å². The normalized spacial score (nSPS) is 11.4. The minimum absolute atomic E-state index is 0. The second kappa shape index (κ2) is 10.7. The number of ether oxygens (including phenoxy) is 1. The third-order valence-corrected chi connectivity index (χ3v) is 3.78. The molecule has 0 aliphatic heterocycles. The monoisotopic (exact) mass is 437 g/mol. The van der Waals surface area contributed by atoms with Gasteiger partial charge in [-0.2, -0.15) is 4.33 Å². The summed E-state index contributed by atoms with van der Waals surface area (Å²) >= 11 is 2.45. The number of nitro groups is 1. The Labute approximate surface area is 160 Å². The predicted molar refractivity (Wildman–Crippen MR) is 74.5 cm³/mol. The number of alkyl halides is 1. The smallest absolute Gasteiger partial charge is 0.691 e. The van der Waals surface area contributed by atoms with Gasteiger partial charge in [-0.1, -0.05) is 22.6 Å². The van der Waals surface area contributed by atoms with E-state index in [4.69, 9.17) is 4.74 Å². The number of carbonyl (C=O) groups excluding carboxylic acids is 1. The molecular formula is C10H9INNaO7S. The first-order valence-electron chi connectivity index (χ1n) is 5.14. The van der Waals surface area contributed by atoms with Crippen LogP contribution in [0.4, 0.5) is 0 Å². The average molecular weight is 437 g/mol. The maximum absolute atomic E-state index is 11.6. The Morgan fingerprint density at radius 1 is 1.52 bits per heavy atom. The number of esters is 1. The van der Waals surface area contributed by atoms with Crippen LogP contribution in [0.25, 0.3) is 0 Å². The van der Waals surface area contributed by atoms with Gasteiger partial charge in [-0.25, -0.2) is 4.79 Å². The summed E-state index contributed by atoms with van der Waals surface area (Å²) in [5, 5.41) is 23.6. The molecule has 1 rings (SSSR count). The Kier molecular flexibility index (Phi) is 10.7. The van der Waals surface area contributed by atoms with Crippen molar-refractivity contribution in [3.63, 3.8) is 0 Å². The van der Waals surface area contributed by atoms with E-state index in [1.165, 1.54) is 18.2 Å². The summed E-state index contributed by atoms with van der Waals surface area (Å²) in [6, 6.07) is 3.07. The van der Waals surface area contributed by atoms with Gasteiger partial charge in [-0.05, 0) is 30.7 Å². The molecule has 1 atom stereocenters. The summed E-state index contributed by atoms with van der Waals surface area (Å²) in [6.07, 6.45) is 0. The van der Waals surface area contributed by atoms with Crippen molar-refractivity contribution in [3.05, 3.63) is 33.9 Å². The van der Waals surface area contributed by atoms with E-state index in [1.807, 2.05) is 0 Å². The Hall–Kier alpha value is 0.0500. The van der Waals surface area contributed by atoms with E-state index < -0.39 is 16.9 Å². The van der Waals surface area contributed by atoms with Gasteiger partial charge in [0.2, 0.25) is 0 Å². The average Bonchev–Trinajstić information content (AvgIpc) is 2.38. The first-order valence-corrected chi connectivity index (χ1v) is 7.41. The molecule has 0 spiro atoms. The van der Waals surface area contributed by atoms with Crippen LogP contribution in [0.1, 0.15) is 5.56 Å².